The molecule has 0 saturated heterocycles. The van der Waals surface area contributed by atoms with Crippen LogP contribution in [0.2, 0.25) is 0 Å². The van der Waals surface area contributed by atoms with Gasteiger partial charge in [-0.15, -0.1) is 0 Å². The second-order valence-corrected chi connectivity index (χ2v) is 10.7. The fourth-order valence-corrected chi connectivity index (χ4v) is 4.49. The summed E-state index contributed by atoms with van der Waals surface area (Å²) in [6.07, 6.45) is 1.08. The van der Waals surface area contributed by atoms with E-state index < -0.39 is 22.0 Å². The number of amides is 2. The van der Waals surface area contributed by atoms with Crippen LogP contribution in [0.4, 0.5) is 0 Å². The number of hydrogen-bond acceptors (Lipinski definition) is 5. The molecule has 196 valence electrons. The molecule has 0 fully saturated rings. The summed E-state index contributed by atoms with van der Waals surface area (Å²) in [6, 6.07) is 24.9. The van der Waals surface area contributed by atoms with Crippen LogP contribution >= 0.6 is 0 Å². The Morgan fingerprint density at radius 3 is 1.92 bits per heavy atom. The molecule has 37 heavy (non-hydrogen) atoms. The van der Waals surface area contributed by atoms with Gasteiger partial charge in [-0.3, -0.25) is 9.59 Å². The largest absolute Gasteiger partial charge is 0.497 e. The highest BCUT2D eigenvalue weighted by Gasteiger charge is 2.29. The van der Waals surface area contributed by atoms with Gasteiger partial charge in [-0.25, -0.2) is 8.42 Å². The highest BCUT2D eigenvalue weighted by atomic mass is 32.2. The summed E-state index contributed by atoms with van der Waals surface area (Å²) < 4.78 is 31.4. The van der Waals surface area contributed by atoms with Crippen molar-refractivity contribution in [3.8, 4) is 5.75 Å². The van der Waals surface area contributed by atoms with Gasteiger partial charge in [-0.1, -0.05) is 72.8 Å². The lowest BCUT2D eigenvalue weighted by atomic mass is 10.1. The fourth-order valence-electron chi connectivity index (χ4n) is 3.76. The molecule has 0 spiro atoms. The molecule has 0 aliphatic heterocycles. The van der Waals surface area contributed by atoms with Crippen molar-refractivity contribution < 1.29 is 22.7 Å². The average Bonchev–Trinajstić information content (AvgIpc) is 2.90. The van der Waals surface area contributed by atoms with Crippen molar-refractivity contribution in [2.45, 2.75) is 32.6 Å². The van der Waals surface area contributed by atoms with Gasteiger partial charge >= 0.3 is 0 Å². The Morgan fingerprint density at radius 1 is 0.838 bits per heavy atom. The summed E-state index contributed by atoms with van der Waals surface area (Å²) in [5, 5.41) is 2.88. The van der Waals surface area contributed by atoms with Gasteiger partial charge < -0.3 is 15.0 Å². The Labute approximate surface area is 218 Å². The Balaban J connectivity index is 1.81. The van der Waals surface area contributed by atoms with Crippen LogP contribution in [0, 0.1) is 0 Å². The van der Waals surface area contributed by atoms with Gasteiger partial charge in [-0.2, -0.15) is 4.31 Å². The summed E-state index contributed by atoms with van der Waals surface area (Å²) in [6.45, 7) is 1.75. The van der Waals surface area contributed by atoms with Crippen molar-refractivity contribution in [1.29, 1.82) is 0 Å². The van der Waals surface area contributed by atoms with E-state index in [9.17, 15) is 18.0 Å². The predicted molar refractivity (Wildman–Crippen MR) is 143 cm³/mol. The molecular weight excluding hydrogens is 490 g/mol. The number of rotatable bonds is 12. The highest BCUT2D eigenvalue weighted by molar-refractivity contribution is 7.88. The molecule has 3 aromatic rings. The van der Waals surface area contributed by atoms with Gasteiger partial charge in [0.1, 0.15) is 11.8 Å². The van der Waals surface area contributed by atoms with Crippen LogP contribution in [0.25, 0.3) is 0 Å². The average molecular weight is 524 g/mol. The van der Waals surface area contributed by atoms with Crippen LogP contribution in [-0.4, -0.2) is 55.4 Å². The van der Waals surface area contributed by atoms with Gasteiger partial charge in [-0.05, 0) is 35.7 Å². The molecule has 8 nitrogen and oxygen atoms in total. The van der Waals surface area contributed by atoms with E-state index in [0.29, 0.717) is 12.3 Å². The summed E-state index contributed by atoms with van der Waals surface area (Å²) in [7, 11) is -2.13. The number of sulfonamides is 1. The van der Waals surface area contributed by atoms with Crippen LogP contribution in [0.5, 0.6) is 5.75 Å². The monoisotopic (exact) mass is 523 g/mol. The third-order valence-corrected chi connectivity index (χ3v) is 7.17. The van der Waals surface area contributed by atoms with Crippen molar-refractivity contribution in [3.05, 3.63) is 102 Å². The second kappa shape index (κ2) is 13.0. The summed E-state index contributed by atoms with van der Waals surface area (Å²) in [4.78, 5) is 28.0. The van der Waals surface area contributed by atoms with Crippen LogP contribution < -0.4 is 10.1 Å². The van der Waals surface area contributed by atoms with E-state index in [-0.39, 0.29) is 25.5 Å². The van der Waals surface area contributed by atoms with Crippen molar-refractivity contribution in [2.24, 2.45) is 0 Å². The molecule has 0 aromatic heterocycles. The topological polar surface area (TPSA) is 96.0 Å². The molecule has 1 unspecified atom stereocenters. The zero-order chi connectivity index (χ0) is 26.8. The number of nitrogens with one attached hydrogen (secondary N) is 1. The van der Waals surface area contributed by atoms with E-state index in [1.807, 2.05) is 60.7 Å². The predicted octanol–water partition coefficient (Wildman–Crippen LogP) is 3.19. The summed E-state index contributed by atoms with van der Waals surface area (Å²) >= 11 is 0. The number of hydrogen-bond donors (Lipinski definition) is 1. The number of nitrogens with zero attached hydrogens (tertiary/aromatic N) is 2. The maximum absolute atomic E-state index is 13.6. The van der Waals surface area contributed by atoms with Gasteiger partial charge in [0.25, 0.3) is 0 Å². The van der Waals surface area contributed by atoms with Crippen molar-refractivity contribution in [1.82, 2.24) is 14.5 Å². The number of carbonyl (C=O) groups excluding carboxylic acids is 2. The Hall–Kier alpha value is -3.69. The molecule has 2 amide bonds. The van der Waals surface area contributed by atoms with E-state index in [1.54, 1.807) is 38.3 Å². The van der Waals surface area contributed by atoms with Crippen molar-refractivity contribution in [2.75, 3.05) is 19.9 Å². The van der Waals surface area contributed by atoms with Gasteiger partial charge in [0.05, 0.1) is 19.9 Å². The molecule has 0 aliphatic rings. The Bertz CT molecular complexity index is 1270. The molecule has 0 heterocycles. The SMILES string of the molecule is COc1ccc(CN(C(=O)CN(Cc2ccccc2)S(C)(=O)=O)C(C)C(=O)NCc2ccccc2)cc1. The smallest absolute Gasteiger partial charge is 0.242 e. The minimum atomic E-state index is -3.70. The number of ether oxygens (including phenoxy) is 1. The van der Waals surface area contributed by atoms with E-state index >= 15 is 0 Å². The first-order valence-electron chi connectivity index (χ1n) is 11.9. The molecule has 3 rings (SSSR count). The standard InChI is InChI=1S/C28H33N3O5S/c1-22(28(33)29-18-23-10-6-4-7-11-23)31(20-25-14-16-26(36-2)17-15-25)27(32)21-30(37(3,34)35)19-24-12-8-5-9-13-24/h4-17,22H,18-21H2,1-3H3,(H,29,33). The minimum Gasteiger partial charge on any atom is -0.497 e. The van der Waals surface area contributed by atoms with E-state index in [4.69, 9.17) is 4.74 Å². The Kier molecular flexibility index (Phi) is 9.82. The normalized spacial score (nSPS) is 12.1. The molecule has 9 heteroatoms. The van der Waals surface area contributed by atoms with Crippen LogP contribution in [-0.2, 0) is 39.2 Å². The van der Waals surface area contributed by atoms with Gasteiger partial charge in [0.15, 0.2) is 0 Å². The second-order valence-electron chi connectivity index (χ2n) is 8.77. The van der Waals surface area contributed by atoms with E-state index in [0.717, 1.165) is 27.3 Å². The minimum absolute atomic E-state index is 0.0520. The maximum atomic E-state index is 13.6. The molecular formula is C28H33N3O5S. The molecule has 3 aromatic carbocycles. The van der Waals surface area contributed by atoms with Crippen molar-refractivity contribution in [3.63, 3.8) is 0 Å². The van der Waals surface area contributed by atoms with Gasteiger partial charge in [0, 0.05) is 19.6 Å². The van der Waals surface area contributed by atoms with Crippen molar-refractivity contribution >= 4 is 21.8 Å². The van der Waals surface area contributed by atoms with Crippen LogP contribution in [0.3, 0.4) is 0 Å². The number of carbonyl (C=O) groups is 2. The number of benzene rings is 3. The highest BCUT2D eigenvalue weighted by Crippen LogP contribution is 2.16. The quantitative estimate of drug-likeness (QED) is 0.393. The van der Waals surface area contributed by atoms with Gasteiger partial charge in [0.2, 0.25) is 21.8 Å². The summed E-state index contributed by atoms with van der Waals surface area (Å²) in [5.41, 5.74) is 2.48. The Morgan fingerprint density at radius 2 is 1.38 bits per heavy atom. The third kappa shape index (κ3) is 8.44. The molecule has 1 atom stereocenters. The van der Waals surface area contributed by atoms with Crippen LogP contribution in [0.1, 0.15) is 23.6 Å². The summed E-state index contributed by atoms with van der Waals surface area (Å²) in [5.74, 6) is -0.138. The molecule has 1 N–H and O–H groups in total. The van der Waals surface area contributed by atoms with Crippen LogP contribution in [0.15, 0.2) is 84.9 Å². The molecule has 0 aliphatic carbocycles. The maximum Gasteiger partial charge on any atom is 0.242 e. The first kappa shape index (κ1) is 27.9. The molecule has 0 radical (unpaired) electrons. The lowest BCUT2D eigenvalue weighted by molar-refractivity contribution is -0.140. The first-order valence-corrected chi connectivity index (χ1v) is 13.8. The molecule has 0 saturated carbocycles. The van der Waals surface area contributed by atoms with E-state index in [1.165, 1.54) is 4.90 Å². The molecule has 0 bridgehead atoms. The lowest BCUT2D eigenvalue weighted by Crippen LogP contribution is -2.50. The number of methoxy groups -OCH3 is 1. The zero-order valence-electron chi connectivity index (χ0n) is 21.3. The lowest BCUT2D eigenvalue weighted by Gasteiger charge is -2.31. The zero-order valence-corrected chi connectivity index (χ0v) is 22.1. The fraction of sp³-hybridized carbons (Fsp3) is 0.286. The van der Waals surface area contributed by atoms with E-state index in [2.05, 4.69) is 5.32 Å². The third-order valence-electron chi connectivity index (χ3n) is 5.97. The first-order chi connectivity index (χ1) is 17.7.